The summed E-state index contributed by atoms with van der Waals surface area (Å²) in [5.41, 5.74) is 7.50. The molecule has 0 bridgehead atoms. The predicted molar refractivity (Wildman–Crippen MR) is 77.0 cm³/mol. The van der Waals surface area contributed by atoms with Crippen molar-refractivity contribution in [3.05, 3.63) is 34.1 Å². The van der Waals surface area contributed by atoms with Crippen LogP contribution in [-0.4, -0.2) is 5.54 Å². The van der Waals surface area contributed by atoms with Crippen LogP contribution in [-0.2, 0) is 6.42 Å². The largest absolute Gasteiger partial charge is 0.324 e. The monoisotopic (exact) mass is 313 g/mol. The molecule has 0 heterocycles. The van der Waals surface area contributed by atoms with Crippen LogP contribution < -0.4 is 5.73 Å². The van der Waals surface area contributed by atoms with E-state index < -0.39 is 0 Å². The number of hydrogen-bond acceptors (Lipinski definition) is 1. The fourth-order valence-electron chi connectivity index (χ4n) is 2.94. The molecule has 0 radical (unpaired) electrons. The van der Waals surface area contributed by atoms with Gasteiger partial charge in [0.2, 0.25) is 0 Å². The molecule has 1 aliphatic rings. The molecule has 1 nitrogen and oxygen atoms in total. The molecule has 0 aromatic heterocycles. The summed E-state index contributed by atoms with van der Waals surface area (Å²) in [7, 11) is 0. The lowest BCUT2D eigenvalue weighted by molar-refractivity contribution is 0.0988. The van der Waals surface area contributed by atoms with E-state index in [0.717, 1.165) is 29.3 Å². The Morgan fingerprint density at radius 1 is 1.28 bits per heavy atom. The molecule has 2 N–H and O–H groups in total. The van der Waals surface area contributed by atoms with Gasteiger partial charge in [0.05, 0.1) is 0 Å². The van der Waals surface area contributed by atoms with Crippen molar-refractivity contribution < 1.29 is 4.39 Å². The van der Waals surface area contributed by atoms with Crippen molar-refractivity contribution in [1.29, 1.82) is 0 Å². The molecule has 100 valence electrons. The van der Waals surface area contributed by atoms with E-state index in [0.29, 0.717) is 0 Å². The van der Waals surface area contributed by atoms with Crippen molar-refractivity contribution in [1.82, 2.24) is 0 Å². The first-order valence-corrected chi connectivity index (χ1v) is 7.36. The van der Waals surface area contributed by atoms with Crippen molar-refractivity contribution in [2.24, 2.45) is 11.1 Å². The molecule has 1 saturated carbocycles. The van der Waals surface area contributed by atoms with Crippen molar-refractivity contribution >= 4 is 15.9 Å². The summed E-state index contributed by atoms with van der Waals surface area (Å²) in [4.78, 5) is 0. The third kappa shape index (κ3) is 2.62. The molecule has 0 aliphatic heterocycles. The molecule has 1 aromatic rings. The van der Waals surface area contributed by atoms with Crippen molar-refractivity contribution in [3.8, 4) is 0 Å². The maximum atomic E-state index is 13.4. The van der Waals surface area contributed by atoms with Gasteiger partial charge >= 0.3 is 0 Å². The molecule has 1 unspecified atom stereocenters. The van der Waals surface area contributed by atoms with Gasteiger partial charge in [-0.25, -0.2) is 4.39 Å². The summed E-state index contributed by atoms with van der Waals surface area (Å²) in [6, 6.07) is 4.84. The van der Waals surface area contributed by atoms with E-state index in [4.69, 9.17) is 5.73 Å². The van der Waals surface area contributed by atoms with Crippen LogP contribution in [0.15, 0.2) is 22.7 Å². The first-order valence-electron chi connectivity index (χ1n) is 6.57. The van der Waals surface area contributed by atoms with Crippen LogP contribution >= 0.6 is 15.9 Å². The minimum Gasteiger partial charge on any atom is -0.324 e. The molecular weight excluding hydrogens is 293 g/mol. The van der Waals surface area contributed by atoms with E-state index in [1.807, 2.05) is 0 Å². The molecule has 1 aromatic carbocycles. The summed E-state index contributed by atoms with van der Waals surface area (Å²) >= 11 is 3.50. The van der Waals surface area contributed by atoms with Gasteiger partial charge in [-0.05, 0) is 48.4 Å². The van der Waals surface area contributed by atoms with Crippen LogP contribution in [0.2, 0.25) is 0 Å². The zero-order valence-electron chi connectivity index (χ0n) is 11.1. The molecule has 0 spiro atoms. The maximum Gasteiger partial charge on any atom is 0.123 e. The fourth-order valence-corrected chi connectivity index (χ4v) is 3.33. The first kappa shape index (κ1) is 14.0. The van der Waals surface area contributed by atoms with Gasteiger partial charge in [-0.1, -0.05) is 42.6 Å². The third-order valence-electron chi connectivity index (χ3n) is 4.54. The molecule has 1 atom stereocenters. The highest BCUT2D eigenvalue weighted by Crippen LogP contribution is 2.44. The highest BCUT2D eigenvalue weighted by Gasteiger charge is 2.43. The second-order valence-corrected chi connectivity index (χ2v) is 7.01. The first-order chi connectivity index (χ1) is 8.34. The van der Waals surface area contributed by atoms with Gasteiger partial charge in [0.1, 0.15) is 5.82 Å². The molecule has 2 rings (SSSR count). The van der Waals surface area contributed by atoms with E-state index in [1.165, 1.54) is 18.9 Å². The van der Waals surface area contributed by atoms with Gasteiger partial charge < -0.3 is 5.73 Å². The summed E-state index contributed by atoms with van der Waals surface area (Å²) in [5.74, 6) is -0.189. The Kier molecular flexibility index (Phi) is 3.84. The Balaban J connectivity index is 2.28. The summed E-state index contributed by atoms with van der Waals surface area (Å²) in [6.45, 7) is 4.47. The maximum absolute atomic E-state index is 13.4. The van der Waals surface area contributed by atoms with Crippen LogP contribution in [0.25, 0.3) is 0 Å². The van der Waals surface area contributed by atoms with Crippen molar-refractivity contribution in [3.63, 3.8) is 0 Å². The molecule has 1 aliphatic carbocycles. The van der Waals surface area contributed by atoms with E-state index >= 15 is 0 Å². The minimum absolute atomic E-state index is 0.108. The Labute approximate surface area is 117 Å². The minimum atomic E-state index is -0.235. The number of halogens is 2. The second-order valence-electron chi connectivity index (χ2n) is 6.16. The zero-order chi connectivity index (χ0) is 13.4. The normalized spacial score (nSPS) is 27.2. The number of benzene rings is 1. The van der Waals surface area contributed by atoms with E-state index in [9.17, 15) is 4.39 Å². The van der Waals surface area contributed by atoms with Crippen molar-refractivity contribution in [2.75, 3.05) is 0 Å². The molecule has 18 heavy (non-hydrogen) atoms. The molecule has 0 saturated heterocycles. The average Bonchev–Trinajstić information content (AvgIpc) is 2.28. The van der Waals surface area contributed by atoms with Gasteiger partial charge in [-0.3, -0.25) is 0 Å². The van der Waals surface area contributed by atoms with E-state index in [1.54, 1.807) is 12.1 Å². The SMILES string of the molecule is CC1(C)CCCCC1(N)Cc1cc(F)ccc1Br. The third-order valence-corrected chi connectivity index (χ3v) is 5.31. The molecule has 3 heteroatoms. The Bertz CT molecular complexity index is 444. The number of hydrogen-bond donors (Lipinski definition) is 1. The lowest BCUT2D eigenvalue weighted by Gasteiger charge is -2.48. The van der Waals surface area contributed by atoms with Crippen LogP contribution in [0.3, 0.4) is 0 Å². The standard InChI is InChI=1S/C15H21BrFN/c1-14(2)7-3-4-8-15(14,18)10-11-9-12(17)5-6-13(11)16/h5-6,9H,3-4,7-8,10,18H2,1-2H3. The lowest BCUT2D eigenvalue weighted by Crippen LogP contribution is -2.56. The fraction of sp³-hybridized carbons (Fsp3) is 0.600. The molecule has 1 fully saturated rings. The quantitative estimate of drug-likeness (QED) is 0.859. The molecular formula is C15H21BrFN. The summed E-state index contributed by atoms with van der Waals surface area (Å²) in [5, 5.41) is 0. The Morgan fingerprint density at radius 3 is 2.61 bits per heavy atom. The van der Waals surface area contributed by atoms with Gasteiger partial charge in [0, 0.05) is 10.0 Å². The lowest BCUT2D eigenvalue weighted by atomic mass is 9.61. The topological polar surface area (TPSA) is 26.0 Å². The van der Waals surface area contributed by atoms with Gasteiger partial charge in [-0.15, -0.1) is 0 Å². The van der Waals surface area contributed by atoms with E-state index in [-0.39, 0.29) is 16.8 Å². The van der Waals surface area contributed by atoms with Crippen LogP contribution in [0, 0.1) is 11.2 Å². The number of nitrogens with two attached hydrogens (primary N) is 1. The highest BCUT2D eigenvalue weighted by molar-refractivity contribution is 9.10. The summed E-state index contributed by atoms with van der Waals surface area (Å²) < 4.78 is 14.3. The van der Waals surface area contributed by atoms with Crippen LogP contribution in [0.4, 0.5) is 4.39 Å². The zero-order valence-corrected chi connectivity index (χ0v) is 12.7. The Hall–Kier alpha value is -0.410. The van der Waals surface area contributed by atoms with Crippen LogP contribution in [0.1, 0.15) is 45.1 Å². The summed E-state index contributed by atoms with van der Waals surface area (Å²) in [6.07, 6.45) is 5.32. The van der Waals surface area contributed by atoms with Gasteiger partial charge in [0.15, 0.2) is 0 Å². The smallest absolute Gasteiger partial charge is 0.123 e. The van der Waals surface area contributed by atoms with E-state index in [2.05, 4.69) is 29.8 Å². The van der Waals surface area contributed by atoms with Crippen molar-refractivity contribution in [2.45, 2.75) is 51.5 Å². The van der Waals surface area contributed by atoms with Gasteiger partial charge in [0.25, 0.3) is 0 Å². The number of rotatable bonds is 2. The van der Waals surface area contributed by atoms with Gasteiger partial charge in [-0.2, -0.15) is 0 Å². The second kappa shape index (κ2) is 4.93. The predicted octanol–water partition coefficient (Wildman–Crippen LogP) is 4.43. The van der Waals surface area contributed by atoms with Crippen LogP contribution in [0.5, 0.6) is 0 Å². The highest BCUT2D eigenvalue weighted by atomic mass is 79.9. The Morgan fingerprint density at radius 2 is 1.94 bits per heavy atom. The molecule has 0 amide bonds. The average molecular weight is 314 g/mol.